The van der Waals surface area contributed by atoms with E-state index in [1.54, 1.807) is 6.92 Å². The van der Waals surface area contributed by atoms with E-state index in [1.165, 1.54) is 19.1 Å². The predicted molar refractivity (Wildman–Crippen MR) is 69.3 cm³/mol. The van der Waals surface area contributed by atoms with Gasteiger partial charge in [0.2, 0.25) is 5.91 Å². The second kappa shape index (κ2) is 6.84. The fraction of sp³-hybridized carbons (Fsp3) is 0.385. The van der Waals surface area contributed by atoms with Crippen molar-refractivity contribution in [1.29, 1.82) is 0 Å². The van der Waals surface area contributed by atoms with E-state index in [1.807, 2.05) is 0 Å². The van der Waals surface area contributed by atoms with Gasteiger partial charge in [-0.3, -0.25) is 9.59 Å². The lowest BCUT2D eigenvalue weighted by atomic mass is 10.1. The number of nitrogens with one attached hydrogen (secondary N) is 2. The number of rotatable bonds is 5. The monoisotopic (exact) mass is 268 g/mol. The van der Waals surface area contributed by atoms with Crippen LogP contribution in [-0.4, -0.2) is 30.1 Å². The minimum atomic E-state index is -0.664. The van der Waals surface area contributed by atoms with E-state index in [2.05, 4.69) is 10.6 Å². The van der Waals surface area contributed by atoms with Crippen LogP contribution in [0.4, 0.5) is 10.1 Å². The maximum absolute atomic E-state index is 13.5. The summed E-state index contributed by atoms with van der Waals surface area (Å²) in [5.41, 5.74) is 0.214. The normalized spacial score (nSPS) is 11.8. The zero-order valence-electron chi connectivity index (χ0n) is 10.9. The summed E-state index contributed by atoms with van der Waals surface area (Å²) in [4.78, 5) is 22.7. The van der Waals surface area contributed by atoms with Crippen LogP contribution >= 0.6 is 0 Å². The third-order valence-corrected chi connectivity index (χ3v) is 2.45. The van der Waals surface area contributed by atoms with Crippen molar-refractivity contribution >= 4 is 17.5 Å². The van der Waals surface area contributed by atoms with Gasteiger partial charge in [0.25, 0.3) is 5.91 Å². The predicted octanol–water partition coefficient (Wildman–Crippen LogP) is 1.14. The Morgan fingerprint density at radius 1 is 1.42 bits per heavy atom. The number of anilines is 1. The maximum atomic E-state index is 13.5. The highest BCUT2D eigenvalue weighted by atomic mass is 19.1. The molecule has 0 aliphatic carbocycles. The third-order valence-electron chi connectivity index (χ3n) is 2.45. The molecule has 0 aliphatic heterocycles. The van der Waals surface area contributed by atoms with Gasteiger partial charge in [0.05, 0.1) is 5.56 Å². The summed E-state index contributed by atoms with van der Waals surface area (Å²) in [6.07, 6.45) is 0. The second-order valence-corrected chi connectivity index (χ2v) is 4.37. The van der Waals surface area contributed by atoms with Crippen molar-refractivity contribution < 1.29 is 19.1 Å². The Labute approximate surface area is 110 Å². The lowest BCUT2D eigenvalue weighted by Gasteiger charge is -2.11. The van der Waals surface area contributed by atoms with Crippen LogP contribution < -0.4 is 10.6 Å². The molecule has 1 aromatic carbocycles. The molecular formula is C13H17FN2O3. The zero-order chi connectivity index (χ0) is 14.4. The smallest absolute Gasteiger partial charge is 0.254 e. The fourth-order valence-electron chi connectivity index (χ4n) is 1.41. The molecule has 0 fully saturated rings. The molecule has 0 bridgehead atoms. The van der Waals surface area contributed by atoms with Gasteiger partial charge in [-0.1, -0.05) is 6.92 Å². The molecular weight excluding hydrogens is 251 g/mol. The topological polar surface area (TPSA) is 78.4 Å². The van der Waals surface area contributed by atoms with Crippen LogP contribution in [-0.2, 0) is 4.79 Å². The number of hydrogen-bond acceptors (Lipinski definition) is 3. The molecule has 0 aromatic heterocycles. The molecule has 0 saturated heterocycles. The molecule has 6 heteroatoms. The summed E-state index contributed by atoms with van der Waals surface area (Å²) < 4.78 is 13.5. The SMILES string of the molecule is CC(=O)Nc1ccc(F)c(C(=O)NCC(C)CO)c1. The fourth-order valence-corrected chi connectivity index (χ4v) is 1.41. The van der Waals surface area contributed by atoms with E-state index in [9.17, 15) is 14.0 Å². The summed E-state index contributed by atoms with van der Waals surface area (Å²) in [6, 6.07) is 3.77. The minimum Gasteiger partial charge on any atom is -0.396 e. The maximum Gasteiger partial charge on any atom is 0.254 e. The Balaban J connectivity index is 2.80. The van der Waals surface area contributed by atoms with Gasteiger partial charge >= 0.3 is 0 Å². The van der Waals surface area contributed by atoms with Gasteiger partial charge in [0.15, 0.2) is 0 Å². The first-order valence-electron chi connectivity index (χ1n) is 5.90. The number of carbonyl (C=O) groups excluding carboxylic acids is 2. The number of halogens is 1. The van der Waals surface area contributed by atoms with Crippen LogP contribution in [0.15, 0.2) is 18.2 Å². The minimum absolute atomic E-state index is 0.0608. The van der Waals surface area contributed by atoms with Crippen LogP contribution in [0.1, 0.15) is 24.2 Å². The van der Waals surface area contributed by atoms with Crippen molar-refractivity contribution in [2.24, 2.45) is 5.92 Å². The summed E-state index contributed by atoms with van der Waals surface area (Å²) in [5.74, 6) is -1.65. The van der Waals surface area contributed by atoms with Gasteiger partial charge in [-0.25, -0.2) is 4.39 Å². The van der Waals surface area contributed by atoms with Crippen molar-refractivity contribution in [3.8, 4) is 0 Å². The molecule has 19 heavy (non-hydrogen) atoms. The Hall–Kier alpha value is -1.95. The summed E-state index contributed by atoms with van der Waals surface area (Å²) >= 11 is 0. The molecule has 104 valence electrons. The van der Waals surface area contributed by atoms with Crippen molar-refractivity contribution in [2.75, 3.05) is 18.5 Å². The Morgan fingerprint density at radius 2 is 2.11 bits per heavy atom. The van der Waals surface area contributed by atoms with Crippen molar-refractivity contribution in [3.63, 3.8) is 0 Å². The van der Waals surface area contributed by atoms with E-state index in [4.69, 9.17) is 5.11 Å². The summed E-state index contributed by atoms with van der Waals surface area (Å²) in [7, 11) is 0. The first-order valence-corrected chi connectivity index (χ1v) is 5.90. The first kappa shape index (κ1) is 15.1. The largest absolute Gasteiger partial charge is 0.396 e. The van der Waals surface area contributed by atoms with Gasteiger partial charge in [-0.2, -0.15) is 0 Å². The summed E-state index contributed by atoms with van der Waals surface area (Å²) in [5, 5.41) is 13.8. The van der Waals surface area contributed by atoms with Gasteiger partial charge in [-0.05, 0) is 24.1 Å². The quantitative estimate of drug-likeness (QED) is 0.749. The number of carbonyl (C=O) groups is 2. The molecule has 0 aliphatic rings. The molecule has 0 spiro atoms. The standard InChI is InChI=1S/C13H17FN2O3/c1-8(7-17)6-15-13(19)11-5-10(16-9(2)18)3-4-12(11)14/h3-5,8,17H,6-7H2,1-2H3,(H,15,19)(H,16,18). The Kier molecular flexibility index (Phi) is 5.44. The molecule has 1 rings (SSSR count). The van der Waals surface area contributed by atoms with Crippen LogP contribution in [0.5, 0.6) is 0 Å². The molecule has 1 unspecified atom stereocenters. The van der Waals surface area contributed by atoms with Crippen molar-refractivity contribution in [2.45, 2.75) is 13.8 Å². The molecule has 2 amide bonds. The average Bonchev–Trinajstić information content (AvgIpc) is 2.37. The Morgan fingerprint density at radius 3 is 2.68 bits per heavy atom. The van der Waals surface area contributed by atoms with Gasteiger partial charge in [-0.15, -0.1) is 0 Å². The number of hydrogen-bond donors (Lipinski definition) is 3. The molecule has 0 radical (unpaired) electrons. The number of aliphatic hydroxyl groups is 1. The highest BCUT2D eigenvalue weighted by Crippen LogP contribution is 2.14. The van der Waals surface area contributed by atoms with E-state index in [0.29, 0.717) is 5.69 Å². The lowest BCUT2D eigenvalue weighted by Crippen LogP contribution is -2.30. The first-order chi connectivity index (χ1) is 8.93. The third kappa shape index (κ3) is 4.67. The average molecular weight is 268 g/mol. The van der Waals surface area contributed by atoms with Gasteiger partial charge in [0.1, 0.15) is 5.82 Å². The highest BCUT2D eigenvalue weighted by Gasteiger charge is 2.13. The lowest BCUT2D eigenvalue weighted by molar-refractivity contribution is -0.114. The Bertz CT molecular complexity index is 477. The van der Waals surface area contributed by atoms with Gasteiger partial charge in [0, 0.05) is 25.8 Å². The van der Waals surface area contributed by atoms with E-state index < -0.39 is 11.7 Å². The van der Waals surface area contributed by atoms with Crippen LogP contribution in [0, 0.1) is 11.7 Å². The van der Waals surface area contributed by atoms with E-state index >= 15 is 0 Å². The van der Waals surface area contributed by atoms with E-state index in [0.717, 1.165) is 6.07 Å². The molecule has 0 heterocycles. The van der Waals surface area contributed by atoms with Crippen LogP contribution in [0.3, 0.4) is 0 Å². The zero-order valence-corrected chi connectivity index (χ0v) is 10.9. The molecule has 3 N–H and O–H groups in total. The van der Waals surface area contributed by atoms with Crippen molar-refractivity contribution in [1.82, 2.24) is 5.32 Å². The van der Waals surface area contributed by atoms with Crippen molar-refractivity contribution in [3.05, 3.63) is 29.6 Å². The molecule has 1 aromatic rings. The highest BCUT2D eigenvalue weighted by molar-refractivity contribution is 5.97. The molecule has 5 nitrogen and oxygen atoms in total. The van der Waals surface area contributed by atoms with E-state index in [-0.39, 0.29) is 30.5 Å². The number of amides is 2. The summed E-state index contributed by atoms with van der Waals surface area (Å²) in [6.45, 7) is 3.27. The number of benzene rings is 1. The molecule has 0 saturated carbocycles. The van der Waals surface area contributed by atoms with Crippen LogP contribution in [0.2, 0.25) is 0 Å². The van der Waals surface area contributed by atoms with Crippen LogP contribution in [0.25, 0.3) is 0 Å². The second-order valence-electron chi connectivity index (χ2n) is 4.37. The molecule has 1 atom stereocenters. The van der Waals surface area contributed by atoms with Gasteiger partial charge < -0.3 is 15.7 Å². The number of aliphatic hydroxyl groups excluding tert-OH is 1.